The molecular formula is C14H16N4O2S2. The van der Waals surface area contributed by atoms with E-state index in [9.17, 15) is 9.59 Å². The van der Waals surface area contributed by atoms with Crippen molar-refractivity contribution < 1.29 is 9.59 Å². The molecule has 0 unspecified atom stereocenters. The van der Waals surface area contributed by atoms with E-state index in [1.165, 1.54) is 18.7 Å². The number of thioether (sulfide) groups is 2. The molecule has 0 aliphatic rings. The van der Waals surface area contributed by atoms with Crippen LogP contribution >= 0.6 is 23.5 Å². The number of anilines is 1. The lowest BCUT2D eigenvalue weighted by molar-refractivity contribution is -0.114. The number of benzene rings is 1. The number of hydrogen-bond donors (Lipinski definition) is 2. The Bertz CT molecular complexity index is 672. The SMILES string of the molecule is CC(=O)SCc1nc(SCC(=O)Nc2ccccc2C)n[nH]1. The van der Waals surface area contributed by atoms with E-state index in [1.54, 1.807) is 0 Å². The number of hydrogen-bond acceptors (Lipinski definition) is 6. The second kappa shape index (κ2) is 8.00. The molecule has 1 aromatic carbocycles. The molecule has 0 saturated heterocycles. The minimum atomic E-state index is -0.108. The lowest BCUT2D eigenvalue weighted by atomic mass is 10.2. The maximum absolute atomic E-state index is 11.9. The van der Waals surface area contributed by atoms with Crippen LogP contribution in [0.2, 0.25) is 0 Å². The molecule has 0 aliphatic carbocycles. The van der Waals surface area contributed by atoms with Crippen LogP contribution in [0.25, 0.3) is 0 Å². The van der Waals surface area contributed by atoms with Gasteiger partial charge in [-0.05, 0) is 18.6 Å². The van der Waals surface area contributed by atoms with Gasteiger partial charge in [0.2, 0.25) is 11.1 Å². The van der Waals surface area contributed by atoms with E-state index in [4.69, 9.17) is 0 Å². The van der Waals surface area contributed by atoms with Crippen molar-refractivity contribution >= 4 is 40.2 Å². The predicted molar refractivity (Wildman–Crippen MR) is 88.9 cm³/mol. The zero-order chi connectivity index (χ0) is 15.9. The molecule has 0 atom stereocenters. The van der Waals surface area contributed by atoms with Crippen molar-refractivity contribution in [1.29, 1.82) is 0 Å². The van der Waals surface area contributed by atoms with Crippen LogP contribution in [0, 0.1) is 6.92 Å². The minimum Gasteiger partial charge on any atom is -0.325 e. The van der Waals surface area contributed by atoms with Crippen LogP contribution in [0.3, 0.4) is 0 Å². The summed E-state index contributed by atoms with van der Waals surface area (Å²) in [4.78, 5) is 27.0. The molecule has 2 N–H and O–H groups in total. The minimum absolute atomic E-state index is 0.0308. The summed E-state index contributed by atoms with van der Waals surface area (Å²) in [6.07, 6.45) is 0. The van der Waals surface area contributed by atoms with E-state index >= 15 is 0 Å². The van der Waals surface area contributed by atoms with Gasteiger partial charge in [0.1, 0.15) is 5.82 Å². The Morgan fingerprint density at radius 2 is 2.09 bits per heavy atom. The fourth-order valence-electron chi connectivity index (χ4n) is 1.61. The van der Waals surface area contributed by atoms with Crippen LogP contribution in [0.1, 0.15) is 18.3 Å². The Morgan fingerprint density at radius 3 is 2.82 bits per heavy atom. The fraction of sp³-hybridized carbons (Fsp3) is 0.286. The van der Waals surface area contributed by atoms with E-state index in [-0.39, 0.29) is 16.8 Å². The standard InChI is InChI=1S/C14H16N4O2S2/c1-9-5-3-4-6-11(9)15-13(20)8-22-14-16-12(17-18-14)7-21-10(2)19/h3-6H,7-8H2,1-2H3,(H,15,20)(H,16,17,18). The molecule has 2 rings (SSSR count). The molecule has 1 heterocycles. The van der Waals surface area contributed by atoms with Gasteiger partial charge in [-0.2, -0.15) is 0 Å². The van der Waals surface area contributed by atoms with Crippen LogP contribution in [-0.4, -0.2) is 32.0 Å². The van der Waals surface area contributed by atoms with Gasteiger partial charge < -0.3 is 5.32 Å². The Kier molecular flexibility index (Phi) is 6.02. The van der Waals surface area contributed by atoms with Crippen LogP contribution in [0.5, 0.6) is 0 Å². The molecule has 0 fully saturated rings. The van der Waals surface area contributed by atoms with Gasteiger partial charge in [0.15, 0.2) is 5.12 Å². The molecule has 0 saturated carbocycles. The summed E-state index contributed by atoms with van der Waals surface area (Å²) in [5.74, 6) is 1.20. The molecular weight excluding hydrogens is 320 g/mol. The number of amides is 1. The quantitative estimate of drug-likeness (QED) is 0.789. The molecule has 0 aliphatic heterocycles. The number of carbonyl (C=O) groups is 2. The molecule has 8 heteroatoms. The number of aryl methyl sites for hydroxylation is 1. The maximum Gasteiger partial charge on any atom is 0.234 e. The van der Waals surface area contributed by atoms with Gasteiger partial charge in [-0.15, -0.1) is 5.10 Å². The molecule has 1 aromatic heterocycles. The number of aromatic amines is 1. The lowest BCUT2D eigenvalue weighted by Crippen LogP contribution is -2.14. The summed E-state index contributed by atoms with van der Waals surface area (Å²) >= 11 is 2.41. The number of H-pyrrole nitrogens is 1. The van der Waals surface area contributed by atoms with E-state index in [0.717, 1.165) is 23.0 Å². The topological polar surface area (TPSA) is 87.7 Å². The summed E-state index contributed by atoms with van der Waals surface area (Å²) in [5, 5.41) is 10.2. The van der Waals surface area contributed by atoms with Crippen LogP contribution in [0.4, 0.5) is 5.69 Å². The number of rotatable bonds is 6. The van der Waals surface area contributed by atoms with Gasteiger partial charge in [0.05, 0.1) is 11.5 Å². The van der Waals surface area contributed by atoms with Gasteiger partial charge in [-0.25, -0.2) is 4.98 Å². The Hall–Kier alpha value is -1.80. The molecule has 0 spiro atoms. The van der Waals surface area contributed by atoms with Gasteiger partial charge in [0.25, 0.3) is 0 Å². The van der Waals surface area contributed by atoms with Crippen LogP contribution in [0.15, 0.2) is 29.4 Å². The van der Waals surface area contributed by atoms with E-state index in [1.807, 2.05) is 31.2 Å². The Labute approximate surface area is 136 Å². The van der Waals surface area contributed by atoms with Crippen molar-refractivity contribution in [3.8, 4) is 0 Å². The Balaban J connectivity index is 1.81. The third kappa shape index (κ3) is 5.19. The fourth-order valence-corrected chi connectivity index (χ4v) is 2.69. The molecule has 1 amide bonds. The largest absolute Gasteiger partial charge is 0.325 e. The van der Waals surface area contributed by atoms with Crippen molar-refractivity contribution in [3.63, 3.8) is 0 Å². The first-order valence-electron chi connectivity index (χ1n) is 6.57. The molecule has 0 radical (unpaired) electrons. The molecule has 6 nitrogen and oxygen atoms in total. The average molecular weight is 336 g/mol. The number of nitrogens with one attached hydrogen (secondary N) is 2. The number of aromatic nitrogens is 3. The van der Waals surface area contributed by atoms with Gasteiger partial charge >= 0.3 is 0 Å². The first-order valence-corrected chi connectivity index (χ1v) is 8.54. The van der Waals surface area contributed by atoms with Gasteiger partial charge in [0, 0.05) is 12.6 Å². The summed E-state index contributed by atoms with van der Waals surface area (Å²) in [6.45, 7) is 3.45. The third-order valence-corrected chi connectivity index (χ3v) is 4.35. The monoisotopic (exact) mass is 336 g/mol. The van der Waals surface area contributed by atoms with E-state index < -0.39 is 0 Å². The lowest BCUT2D eigenvalue weighted by Gasteiger charge is -2.06. The highest BCUT2D eigenvalue weighted by Crippen LogP contribution is 2.17. The molecule has 0 bridgehead atoms. The second-order valence-electron chi connectivity index (χ2n) is 4.50. The first-order chi connectivity index (χ1) is 10.5. The number of carbonyl (C=O) groups excluding carboxylic acids is 2. The van der Waals surface area contributed by atoms with Crippen molar-refractivity contribution in [1.82, 2.24) is 15.2 Å². The highest BCUT2D eigenvalue weighted by atomic mass is 32.2. The number of para-hydroxylation sites is 1. The highest BCUT2D eigenvalue weighted by Gasteiger charge is 2.09. The summed E-state index contributed by atoms with van der Waals surface area (Å²) in [5.41, 5.74) is 1.82. The van der Waals surface area contributed by atoms with Crippen molar-refractivity contribution in [2.75, 3.05) is 11.1 Å². The van der Waals surface area contributed by atoms with Crippen molar-refractivity contribution in [2.45, 2.75) is 24.8 Å². The zero-order valence-corrected chi connectivity index (χ0v) is 13.9. The zero-order valence-electron chi connectivity index (χ0n) is 12.3. The number of nitrogens with zero attached hydrogens (tertiary/aromatic N) is 2. The summed E-state index contributed by atoms with van der Waals surface area (Å²) < 4.78 is 0. The summed E-state index contributed by atoms with van der Waals surface area (Å²) in [6, 6.07) is 7.61. The van der Waals surface area contributed by atoms with E-state index in [2.05, 4.69) is 20.5 Å². The third-order valence-electron chi connectivity index (χ3n) is 2.67. The molecule has 2 aromatic rings. The van der Waals surface area contributed by atoms with Crippen LogP contribution in [-0.2, 0) is 15.3 Å². The van der Waals surface area contributed by atoms with Gasteiger partial charge in [-0.3, -0.25) is 14.7 Å². The van der Waals surface area contributed by atoms with Crippen LogP contribution < -0.4 is 5.32 Å². The predicted octanol–water partition coefficient (Wildman–Crippen LogP) is 2.62. The molecule has 116 valence electrons. The average Bonchev–Trinajstić information content (AvgIpc) is 2.93. The maximum atomic E-state index is 11.9. The smallest absolute Gasteiger partial charge is 0.234 e. The first kappa shape index (κ1) is 16.6. The normalized spacial score (nSPS) is 10.5. The Morgan fingerprint density at radius 1 is 1.32 bits per heavy atom. The van der Waals surface area contributed by atoms with E-state index in [0.29, 0.717) is 16.7 Å². The van der Waals surface area contributed by atoms with Crippen molar-refractivity contribution in [3.05, 3.63) is 35.7 Å². The molecule has 22 heavy (non-hydrogen) atoms. The second-order valence-corrected chi connectivity index (χ2v) is 6.59. The van der Waals surface area contributed by atoms with Gasteiger partial charge in [-0.1, -0.05) is 41.7 Å². The summed E-state index contributed by atoms with van der Waals surface area (Å²) in [7, 11) is 0. The highest BCUT2D eigenvalue weighted by molar-refractivity contribution is 8.12. The van der Waals surface area contributed by atoms with Crippen molar-refractivity contribution in [2.24, 2.45) is 0 Å².